The number of nitrogens with zero attached hydrogens (tertiary/aromatic N) is 1. The van der Waals surface area contributed by atoms with Crippen LogP contribution in [0.15, 0.2) is 0 Å². The molecule has 0 heterocycles. The maximum Gasteiger partial charge on any atom is 0.109 e. The minimum atomic E-state index is -0.313. The molecule has 1 fully saturated rings. The van der Waals surface area contributed by atoms with Crippen LogP contribution in [0.4, 0.5) is 0 Å². The van der Waals surface area contributed by atoms with Crippen LogP contribution in [0, 0.1) is 17.2 Å². The molecule has 3 nitrogen and oxygen atoms in total. The summed E-state index contributed by atoms with van der Waals surface area (Å²) >= 11 is 0. The molecule has 0 aromatic heterocycles. The van der Waals surface area contributed by atoms with E-state index in [1.54, 1.807) is 0 Å². The van der Waals surface area contributed by atoms with Crippen molar-refractivity contribution in [3.8, 4) is 6.07 Å². The molecule has 18 heavy (non-hydrogen) atoms. The Morgan fingerprint density at radius 1 is 1.44 bits per heavy atom. The van der Waals surface area contributed by atoms with Gasteiger partial charge in [0.25, 0.3) is 0 Å². The molecule has 1 aliphatic rings. The number of nitrogens with one attached hydrogen (secondary N) is 1. The van der Waals surface area contributed by atoms with Crippen molar-refractivity contribution in [2.24, 2.45) is 5.92 Å². The Bertz CT molecular complexity index is 285. The number of hydrogen-bond donors (Lipinski definition) is 1. The molecule has 104 valence electrons. The first-order chi connectivity index (χ1) is 8.54. The predicted octanol–water partition coefficient (Wildman–Crippen LogP) is 3.25. The SMILES string of the molecule is CCC(C)OCCC1CCCC1(C#N)NC(C)C. The van der Waals surface area contributed by atoms with Gasteiger partial charge in [0.05, 0.1) is 12.2 Å². The highest BCUT2D eigenvalue weighted by atomic mass is 16.5. The summed E-state index contributed by atoms with van der Waals surface area (Å²) in [6.45, 7) is 9.26. The number of ether oxygens (including phenoxy) is 1. The maximum absolute atomic E-state index is 9.54. The Kier molecular flexibility index (Phi) is 6.11. The van der Waals surface area contributed by atoms with Crippen molar-refractivity contribution in [2.45, 2.75) is 77.5 Å². The average Bonchev–Trinajstić information content (AvgIpc) is 2.72. The van der Waals surface area contributed by atoms with E-state index in [0.717, 1.165) is 38.7 Å². The highest BCUT2D eigenvalue weighted by Gasteiger charge is 2.43. The van der Waals surface area contributed by atoms with E-state index in [0.29, 0.717) is 18.1 Å². The summed E-state index contributed by atoms with van der Waals surface area (Å²) in [6, 6.07) is 2.91. The fraction of sp³-hybridized carbons (Fsp3) is 0.933. The van der Waals surface area contributed by atoms with Gasteiger partial charge >= 0.3 is 0 Å². The van der Waals surface area contributed by atoms with Crippen molar-refractivity contribution in [1.29, 1.82) is 5.26 Å². The molecular weight excluding hydrogens is 224 g/mol. The van der Waals surface area contributed by atoms with E-state index in [1.165, 1.54) is 0 Å². The van der Waals surface area contributed by atoms with Crippen LogP contribution < -0.4 is 5.32 Å². The minimum Gasteiger partial charge on any atom is -0.379 e. The monoisotopic (exact) mass is 252 g/mol. The summed E-state index contributed by atoms with van der Waals surface area (Å²) in [5.41, 5.74) is -0.313. The fourth-order valence-corrected chi connectivity index (χ4v) is 2.88. The van der Waals surface area contributed by atoms with Crippen LogP contribution in [0.2, 0.25) is 0 Å². The second-order valence-electron chi connectivity index (χ2n) is 5.85. The lowest BCUT2D eigenvalue weighted by molar-refractivity contribution is 0.0494. The lowest BCUT2D eigenvalue weighted by Crippen LogP contribution is -2.50. The molecule has 3 unspecified atom stereocenters. The zero-order valence-electron chi connectivity index (χ0n) is 12.3. The molecule has 3 atom stereocenters. The molecule has 0 amide bonds. The summed E-state index contributed by atoms with van der Waals surface area (Å²) in [5, 5.41) is 13.0. The van der Waals surface area contributed by atoms with Gasteiger partial charge in [-0.05, 0) is 52.4 Å². The van der Waals surface area contributed by atoms with Crippen LogP contribution in [-0.2, 0) is 4.74 Å². The first kappa shape index (κ1) is 15.5. The van der Waals surface area contributed by atoms with Crippen LogP contribution in [0.25, 0.3) is 0 Å². The largest absolute Gasteiger partial charge is 0.379 e. The van der Waals surface area contributed by atoms with E-state index in [-0.39, 0.29) is 5.54 Å². The average molecular weight is 252 g/mol. The minimum absolute atomic E-state index is 0.313. The van der Waals surface area contributed by atoms with Crippen LogP contribution in [0.5, 0.6) is 0 Å². The quantitative estimate of drug-likeness (QED) is 0.756. The van der Waals surface area contributed by atoms with Gasteiger partial charge in [-0.15, -0.1) is 0 Å². The van der Waals surface area contributed by atoms with E-state index in [1.807, 2.05) is 0 Å². The molecule has 3 heteroatoms. The molecule has 0 saturated heterocycles. The molecule has 1 rings (SSSR count). The maximum atomic E-state index is 9.54. The van der Waals surface area contributed by atoms with Crippen molar-refractivity contribution < 1.29 is 4.74 Å². The zero-order valence-corrected chi connectivity index (χ0v) is 12.3. The molecule has 0 radical (unpaired) electrons. The topological polar surface area (TPSA) is 45.0 Å². The molecule has 0 aliphatic heterocycles. The zero-order chi connectivity index (χ0) is 13.6. The van der Waals surface area contributed by atoms with Gasteiger partial charge in [0.15, 0.2) is 0 Å². The van der Waals surface area contributed by atoms with Crippen molar-refractivity contribution >= 4 is 0 Å². The highest BCUT2D eigenvalue weighted by Crippen LogP contribution is 2.38. The van der Waals surface area contributed by atoms with E-state index >= 15 is 0 Å². The summed E-state index contributed by atoms with van der Waals surface area (Å²) in [6.07, 6.45) is 5.67. The van der Waals surface area contributed by atoms with Crippen molar-refractivity contribution in [2.75, 3.05) is 6.61 Å². The molecule has 1 N–H and O–H groups in total. The summed E-state index contributed by atoms with van der Waals surface area (Å²) < 4.78 is 5.76. The molecule has 0 aromatic rings. The van der Waals surface area contributed by atoms with Crippen LogP contribution in [0.3, 0.4) is 0 Å². The summed E-state index contributed by atoms with van der Waals surface area (Å²) in [7, 11) is 0. The van der Waals surface area contributed by atoms with E-state index < -0.39 is 0 Å². The Morgan fingerprint density at radius 3 is 2.72 bits per heavy atom. The molecule has 0 bridgehead atoms. The Hall–Kier alpha value is -0.590. The van der Waals surface area contributed by atoms with E-state index in [4.69, 9.17) is 4.74 Å². The van der Waals surface area contributed by atoms with Gasteiger partial charge in [0, 0.05) is 12.6 Å². The van der Waals surface area contributed by atoms with Crippen LogP contribution in [0.1, 0.15) is 59.8 Å². The van der Waals surface area contributed by atoms with Gasteiger partial charge in [0.1, 0.15) is 5.54 Å². The van der Waals surface area contributed by atoms with Crippen LogP contribution >= 0.6 is 0 Å². The first-order valence-electron chi connectivity index (χ1n) is 7.34. The number of hydrogen-bond acceptors (Lipinski definition) is 3. The molecule has 1 aliphatic carbocycles. The van der Waals surface area contributed by atoms with Gasteiger partial charge in [0.2, 0.25) is 0 Å². The van der Waals surface area contributed by atoms with Gasteiger partial charge in [-0.2, -0.15) is 5.26 Å². The smallest absolute Gasteiger partial charge is 0.109 e. The fourth-order valence-electron chi connectivity index (χ4n) is 2.88. The predicted molar refractivity (Wildman–Crippen MR) is 74.3 cm³/mol. The third-order valence-electron chi connectivity index (χ3n) is 4.01. The van der Waals surface area contributed by atoms with Gasteiger partial charge < -0.3 is 4.74 Å². The Morgan fingerprint density at radius 2 is 2.17 bits per heavy atom. The second kappa shape index (κ2) is 7.11. The lowest BCUT2D eigenvalue weighted by atomic mass is 9.85. The number of rotatable bonds is 7. The third kappa shape index (κ3) is 3.96. The molecule has 0 spiro atoms. The Labute approximate surface area is 112 Å². The van der Waals surface area contributed by atoms with Gasteiger partial charge in [-0.25, -0.2) is 0 Å². The van der Waals surface area contributed by atoms with Gasteiger partial charge in [-0.1, -0.05) is 13.3 Å². The van der Waals surface area contributed by atoms with Crippen molar-refractivity contribution in [3.63, 3.8) is 0 Å². The molecule has 0 aromatic carbocycles. The standard InChI is InChI=1S/C15H28N2O/c1-5-13(4)18-10-8-14-7-6-9-15(14,11-16)17-12(2)3/h12-14,17H,5-10H2,1-4H3. The van der Waals surface area contributed by atoms with Crippen molar-refractivity contribution in [3.05, 3.63) is 0 Å². The Balaban J connectivity index is 2.50. The first-order valence-corrected chi connectivity index (χ1v) is 7.34. The van der Waals surface area contributed by atoms with Crippen molar-refractivity contribution in [1.82, 2.24) is 5.32 Å². The highest BCUT2D eigenvalue weighted by molar-refractivity contribution is 5.14. The summed E-state index contributed by atoms with van der Waals surface area (Å²) in [5.74, 6) is 0.439. The lowest BCUT2D eigenvalue weighted by Gasteiger charge is -2.32. The van der Waals surface area contributed by atoms with E-state index in [9.17, 15) is 5.26 Å². The summed E-state index contributed by atoms with van der Waals surface area (Å²) in [4.78, 5) is 0. The van der Waals surface area contributed by atoms with Crippen LogP contribution in [-0.4, -0.2) is 24.3 Å². The van der Waals surface area contributed by atoms with E-state index in [2.05, 4.69) is 39.1 Å². The third-order valence-corrected chi connectivity index (χ3v) is 4.01. The second-order valence-corrected chi connectivity index (χ2v) is 5.85. The van der Waals surface area contributed by atoms with Gasteiger partial charge in [-0.3, -0.25) is 5.32 Å². The molecular formula is C15H28N2O. The number of nitriles is 1. The normalized spacial score (nSPS) is 29.4. The molecule has 1 saturated carbocycles.